The Kier molecular flexibility index (Phi) is 3.24. The smallest absolute Gasteiger partial charge is 0.150 e. The number of benzene rings is 1. The summed E-state index contributed by atoms with van der Waals surface area (Å²) in [4.78, 5) is 0. The topological polar surface area (TPSA) is 12.0 Å². The Morgan fingerprint density at radius 1 is 1.27 bits per heavy atom. The van der Waals surface area contributed by atoms with E-state index >= 15 is 0 Å². The minimum absolute atomic E-state index is 0.00917. The van der Waals surface area contributed by atoms with Crippen molar-refractivity contribution < 1.29 is 8.78 Å². The van der Waals surface area contributed by atoms with Gasteiger partial charge in [0, 0.05) is 11.0 Å². The third-order valence-electron chi connectivity index (χ3n) is 2.80. The van der Waals surface area contributed by atoms with E-state index in [9.17, 15) is 8.78 Å². The molecule has 1 aromatic rings. The van der Waals surface area contributed by atoms with Crippen molar-refractivity contribution in [2.75, 3.05) is 11.9 Å². The van der Waals surface area contributed by atoms with Crippen molar-refractivity contribution >= 4 is 21.6 Å². The van der Waals surface area contributed by atoms with Crippen LogP contribution in [-0.4, -0.2) is 6.54 Å². The molecule has 0 amide bonds. The summed E-state index contributed by atoms with van der Waals surface area (Å²) in [6.45, 7) is 0.662. The van der Waals surface area contributed by atoms with Gasteiger partial charge in [-0.15, -0.1) is 0 Å². The summed E-state index contributed by atoms with van der Waals surface area (Å²) in [5.41, 5.74) is -0.00917. The maximum absolute atomic E-state index is 13.4. The second kappa shape index (κ2) is 4.47. The highest BCUT2D eigenvalue weighted by Gasteiger charge is 2.18. The third kappa shape index (κ3) is 2.48. The maximum atomic E-state index is 13.4. The van der Waals surface area contributed by atoms with Crippen molar-refractivity contribution in [2.45, 2.75) is 19.3 Å². The molecule has 0 bridgehead atoms. The first-order valence-corrected chi connectivity index (χ1v) is 5.84. The molecule has 0 atom stereocenters. The Morgan fingerprint density at radius 3 is 2.33 bits per heavy atom. The highest BCUT2D eigenvalue weighted by Crippen LogP contribution is 2.28. The predicted octanol–water partition coefficient (Wildman–Crippen LogP) is 3.94. The fourth-order valence-electron chi connectivity index (χ4n) is 1.65. The minimum Gasteiger partial charge on any atom is -0.380 e. The number of hydrogen-bond donors (Lipinski definition) is 1. The Labute approximate surface area is 96.0 Å². The molecule has 0 heterocycles. The van der Waals surface area contributed by atoms with Crippen molar-refractivity contribution in [2.24, 2.45) is 5.92 Å². The molecule has 1 aliphatic rings. The van der Waals surface area contributed by atoms with E-state index in [2.05, 4.69) is 21.2 Å². The Morgan fingerprint density at radius 2 is 1.87 bits per heavy atom. The van der Waals surface area contributed by atoms with E-state index in [1.807, 2.05) is 0 Å². The first-order valence-electron chi connectivity index (χ1n) is 5.05. The standard InChI is InChI=1S/C11H12BrF2N/c12-8-4-9(13)11(10(14)5-8)15-6-7-2-1-3-7/h4-5,7,15H,1-3,6H2. The van der Waals surface area contributed by atoms with Crippen LogP contribution in [0.5, 0.6) is 0 Å². The molecule has 0 radical (unpaired) electrons. The van der Waals surface area contributed by atoms with Crippen LogP contribution in [0.4, 0.5) is 14.5 Å². The molecule has 82 valence electrons. The fourth-order valence-corrected chi connectivity index (χ4v) is 2.06. The lowest BCUT2D eigenvalue weighted by molar-refractivity contribution is 0.332. The van der Waals surface area contributed by atoms with Gasteiger partial charge in [-0.05, 0) is 30.9 Å². The van der Waals surface area contributed by atoms with Gasteiger partial charge in [0.25, 0.3) is 0 Å². The second-order valence-electron chi connectivity index (χ2n) is 3.92. The van der Waals surface area contributed by atoms with E-state index in [1.54, 1.807) is 0 Å². The molecule has 0 aliphatic heterocycles. The van der Waals surface area contributed by atoms with Gasteiger partial charge in [0.05, 0.1) is 0 Å². The molecule has 1 aliphatic carbocycles. The van der Waals surface area contributed by atoms with Gasteiger partial charge < -0.3 is 5.32 Å². The molecule has 4 heteroatoms. The van der Waals surface area contributed by atoms with Crippen LogP contribution in [0.1, 0.15) is 19.3 Å². The van der Waals surface area contributed by atoms with Crippen LogP contribution in [0.3, 0.4) is 0 Å². The number of anilines is 1. The summed E-state index contributed by atoms with van der Waals surface area (Å²) >= 11 is 3.04. The van der Waals surface area contributed by atoms with Crippen LogP contribution in [-0.2, 0) is 0 Å². The van der Waals surface area contributed by atoms with Gasteiger partial charge in [-0.2, -0.15) is 0 Å². The van der Waals surface area contributed by atoms with Gasteiger partial charge in [0.15, 0.2) is 0 Å². The normalized spacial score (nSPS) is 16.2. The molecule has 0 aromatic heterocycles. The van der Waals surface area contributed by atoms with Gasteiger partial charge in [-0.1, -0.05) is 22.4 Å². The average Bonchev–Trinajstić information content (AvgIpc) is 2.06. The molecule has 0 unspecified atom stereocenters. The fraction of sp³-hybridized carbons (Fsp3) is 0.455. The van der Waals surface area contributed by atoms with E-state index < -0.39 is 11.6 Å². The van der Waals surface area contributed by atoms with Crippen LogP contribution < -0.4 is 5.32 Å². The summed E-state index contributed by atoms with van der Waals surface area (Å²) in [7, 11) is 0. The number of rotatable bonds is 3. The third-order valence-corrected chi connectivity index (χ3v) is 3.26. The molecule has 0 saturated heterocycles. The van der Waals surface area contributed by atoms with Crippen LogP contribution >= 0.6 is 15.9 Å². The molecule has 1 fully saturated rings. The van der Waals surface area contributed by atoms with E-state index in [0.717, 1.165) is 12.8 Å². The predicted molar refractivity (Wildman–Crippen MR) is 59.9 cm³/mol. The highest BCUT2D eigenvalue weighted by molar-refractivity contribution is 9.10. The first-order chi connectivity index (χ1) is 7.16. The lowest BCUT2D eigenvalue weighted by Crippen LogP contribution is -2.21. The second-order valence-corrected chi connectivity index (χ2v) is 4.84. The SMILES string of the molecule is Fc1cc(Br)cc(F)c1NCC1CCC1. The zero-order valence-corrected chi connectivity index (χ0v) is 9.78. The zero-order valence-electron chi connectivity index (χ0n) is 8.19. The summed E-state index contributed by atoms with van der Waals surface area (Å²) in [5, 5.41) is 2.84. The van der Waals surface area contributed by atoms with Crippen LogP contribution in [0, 0.1) is 17.6 Å². The summed E-state index contributed by atoms with van der Waals surface area (Å²) in [5.74, 6) is -0.505. The molecule has 0 spiro atoms. The van der Waals surface area contributed by atoms with Crippen molar-refractivity contribution in [3.63, 3.8) is 0 Å². The van der Waals surface area contributed by atoms with Crippen LogP contribution in [0.15, 0.2) is 16.6 Å². The van der Waals surface area contributed by atoms with E-state index in [4.69, 9.17) is 0 Å². The lowest BCUT2D eigenvalue weighted by atomic mass is 9.85. The largest absolute Gasteiger partial charge is 0.380 e. The van der Waals surface area contributed by atoms with Gasteiger partial charge in [0.2, 0.25) is 0 Å². The molecular formula is C11H12BrF2N. The lowest BCUT2D eigenvalue weighted by Gasteiger charge is -2.26. The number of hydrogen-bond acceptors (Lipinski definition) is 1. The summed E-state index contributed by atoms with van der Waals surface area (Å²) < 4.78 is 27.1. The van der Waals surface area contributed by atoms with Crippen LogP contribution in [0.25, 0.3) is 0 Å². The molecule has 2 rings (SSSR count). The Bertz CT molecular complexity index is 341. The van der Waals surface area contributed by atoms with Crippen molar-refractivity contribution in [3.8, 4) is 0 Å². The van der Waals surface area contributed by atoms with Crippen molar-refractivity contribution in [1.29, 1.82) is 0 Å². The Balaban J connectivity index is 2.05. The quantitative estimate of drug-likeness (QED) is 0.881. The molecule has 15 heavy (non-hydrogen) atoms. The van der Waals surface area contributed by atoms with Gasteiger partial charge in [-0.3, -0.25) is 0 Å². The van der Waals surface area contributed by atoms with E-state index in [-0.39, 0.29) is 5.69 Å². The minimum atomic E-state index is -0.541. The van der Waals surface area contributed by atoms with E-state index in [1.165, 1.54) is 18.6 Å². The zero-order chi connectivity index (χ0) is 10.8. The first kappa shape index (κ1) is 10.9. The Hall–Kier alpha value is -0.640. The summed E-state index contributed by atoms with van der Waals surface area (Å²) in [6.07, 6.45) is 3.55. The van der Waals surface area contributed by atoms with E-state index in [0.29, 0.717) is 16.9 Å². The monoisotopic (exact) mass is 275 g/mol. The molecule has 1 nitrogen and oxygen atoms in total. The summed E-state index contributed by atoms with van der Waals surface area (Å²) in [6, 6.07) is 2.54. The van der Waals surface area contributed by atoms with Crippen LogP contribution in [0.2, 0.25) is 0 Å². The highest BCUT2D eigenvalue weighted by atomic mass is 79.9. The molecular weight excluding hydrogens is 264 g/mol. The molecule has 1 N–H and O–H groups in total. The number of nitrogens with one attached hydrogen (secondary N) is 1. The average molecular weight is 276 g/mol. The van der Waals surface area contributed by atoms with Crippen molar-refractivity contribution in [1.82, 2.24) is 0 Å². The number of halogens is 3. The maximum Gasteiger partial charge on any atom is 0.150 e. The van der Waals surface area contributed by atoms with Crippen molar-refractivity contribution in [3.05, 3.63) is 28.2 Å². The van der Waals surface area contributed by atoms with Gasteiger partial charge in [0.1, 0.15) is 17.3 Å². The molecule has 1 aromatic carbocycles. The van der Waals surface area contributed by atoms with Gasteiger partial charge >= 0.3 is 0 Å². The van der Waals surface area contributed by atoms with Gasteiger partial charge in [-0.25, -0.2) is 8.78 Å². The molecule has 1 saturated carbocycles.